The summed E-state index contributed by atoms with van der Waals surface area (Å²) in [7, 11) is 0. The minimum atomic E-state index is 0.412. The molecular weight excluding hydrogens is 286 g/mol. The van der Waals surface area contributed by atoms with Crippen molar-refractivity contribution in [3.05, 3.63) is 78.5 Å². The van der Waals surface area contributed by atoms with Crippen LogP contribution in [-0.4, -0.2) is 17.8 Å². The number of nitriles is 1. The molecule has 23 heavy (non-hydrogen) atoms. The zero-order chi connectivity index (χ0) is 16.3. The van der Waals surface area contributed by atoms with Crippen molar-refractivity contribution in [1.29, 1.82) is 5.26 Å². The highest BCUT2D eigenvalue weighted by atomic mass is 16.5. The van der Waals surface area contributed by atoms with Gasteiger partial charge in [-0.25, -0.2) is 0 Å². The quantitative estimate of drug-likeness (QED) is 0.548. The number of ether oxygens (including phenoxy) is 1. The van der Waals surface area contributed by atoms with Crippen LogP contribution in [0.15, 0.2) is 72.5 Å². The average Bonchev–Trinajstić information content (AvgIpc) is 2.62. The molecule has 2 aromatic rings. The molecule has 0 amide bonds. The van der Waals surface area contributed by atoms with Crippen molar-refractivity contribution in [2.24, 2.45) is 5.10 Å². The Labute approximate surface area is 136 Å². The fourth-order valence-electron chi connectivity index (χ4n) is 1.89. The van der Waals surface area contributed by atoms with Crippen LogP contribution >= 0.6 is 0 Å². The molecule has 0 aliphatic carbocycles. The first-order valence-electron chi connectivity index (χ1n) is 7.39. The van der Waals surface area contributed by atoms with E-state index in [0.29, 0.717) is 19.6 Å². The number of hydrazone groups is 1. The number of benzene rings is 2. The molecule has 116 valence electrons. The third-order valence-corrected chi connectivity index (χ3v) is 3.15. The van der Waals surface area contributed by atoms with Crippen LogP contribution < -0.4 is 4.74 Å². The predicted octanol–water partition coefficient (Wildman–Crippen LogP) is 3.96. The SMILES string of the molecule is C=CN(CCC#N)N=Cc1ccc(OCc2ccccc2)cc1. The van der Waals surface area contributed by atoms with Gasteiger partial charge in [0, 0.05) is 6.20 Å². The van der Waals surface area contributed by atoms with Gasteiger partial charge in [-0.05, 0) is 35.4 Å². The van der Waals surface area contributed by atoms with Gasteiger partial charge in [-0.3, -0.25) is 5.01 Å². The summed E-state index contributed by atoms with van der Waals surface area (Å²) in [6.07, 6.45) is 3.75. The molecule has 0 spiro atoms. The first-order chi connectivity index (χ1) is 11.3. The van der Waals surface area contributed by atoms with Crippen molar-refractivity contribution in [3.63, 3.8) is 0 Å². The molecule has 0 aromatic heterocycles. The molecule has 0 heterocycles. The zero-order valence-corrected chi connectivity index (χ0v) is 12.9. The second-order valence-electron chi connectivity index (χ2n) is 4.84. The summed E-state index contributed by atoms with van der Waals surface area (Å²) in [5.74, 6) is 0.816. The Morgan fingerprint density at radius 3 is 2.52 bits per heavy atom. The highest BCUT2D eigenvalue weighted by molar-refractivity contribution is 5.79. The van der Waals surface area contributed by atoms with E-state index in [1.165, 1.54) is 0 Å². The van der Waals surface area contributed by atoms with Crippen LogP contribution in [0.1, 0.15) is 17.5 Å². The van der Waals surface area contributed by atoms with E-state index in [9.17, 15) is 0 Å². The van der Waals surface area contributed by atoms with E-state index >= 15 is 0 Å². The van der Waals surface area contributed by atoms with Gasteiger partial charge in [-0.15, -0.1) is 0 Å². The standard InChI is InChI=1S/C19H19N3O/c1-2-22(14-6-13-20)21-15-17-9-11-19(12-10-17)23-16-18-7-4-3-5-8-18/h2-5,7-12,15H,1,6,14,16H2. The van der Waals surface area contributed by atoms with Gasteiger partial charge in [0.2, 0.25) is 0 Å². The summed E-state index contributed by atoms with van der Waals surface area (Å²) in [6, 6.07) is 19.8. The van der Waals surface area contributed by atoms with E-state index in [4.69, 9.17) is 10.00 Å². The summed E-state index contributed by atoms with van der Waals surface area (Å²) in [5.41, 5.74) is 2.10. The van der Waals surface area contributed by atoms with Crippen LogP contribution in [-0.2, 0) is 6.61 Å². The third-order valence-electron chi connectivity index (χ3n) is 3.15. The highest BCUT2D eigenvalue weighted by Crippen LogP contribution is 2.13. The molecule has 0 aliphatic heterocycles. The molecule has 0 saturated carbocycles. The lowest BCUT2D eigenvalue weighted by Gasteiger charge is -2.10. The molecule has 2 rings (SSSR count). The van der Waals surface area contributed by atoms with Gasteiger partial charge < -0.3 is 4.74 Å². The van der Waals surface area contributed by atoms with Gasteiger partial charge >= 0.3 is 0 Å². The lowest BCUT2D eigenvalue weighted by molar-refractivity contribution is 0.306. The lowest BCUT2D eigenvalue weighted by atomic mass is 10.2. The maximum absolute atomic E-state index is 8.58. The normalized spacial score (nSPS) is 10.2. The van der Waals surface area contributed by atoms with Crippen molar-refractivity contribution in [1.82, 2.24) is 5.01 Å². The van der Waals surface area contributed by atoms with Crippen molar-refractivity contribution in [2.75, 3.05) is 6.54 Å². The van der Waals surface area contributed by atoms with Gasteiger partial charge in [0.05, 0.1) is 25.2 Å². The van der Waals surface area contributed by atoms with Crippen molar-refractivity contribution >= 4 is 6.21 Å². The van der Waals surface area contributed by atoms with Gasteiger partial charge in [0.15, 0.2) is 0 Å². The minimum Gasteiger partial charge on any atom is -0.489 e. The van der Waals surface area contributed by atoms with E-state index in [1.54, 1.807) is 17.4 Å². The molecule has 4 heteroatoms. The maximum atomic E-state index is 8.58. The molecule has 0 saturated heterocycles. The molecule has 0 bridgehead atoms. The Morgan fingerprint density at radius 2 is 1.87 bits per heavy atom. The Bertz CT molecular complexity index is 672. The smallest absolute Gasteiger partial charge is 0.119 e. The monoisotopic (exact) mass is 305 g/mol. The van der Waals surface area contributed by atoms with E-state index < -0.39 is 0 Å². The van der Waals surface area contributed by atoms with Crippen LogP contribution in [0.5, 0.6) is 5.75 Å². The maximum Gasteiger partial charge on any atom is 0.119 e. The Balaban J connectivity index is 1.89. The first kappa shape index (κ1) is 16.3. The van der Waals surface area contributed by atoms with Gasteiger partial charge in [-0.2, -0.15) is 10.4 Å². The lowest BCUT2D eigenvalue weighted by Crippen LogP contribution is -2.10. The predicted molar refractivity (Wildman–Crippen MR) is 91.9 cm³/mol. The Hall–Kier alpha value is -3.06. The molecule has 4 nitrogen and oxygen atoms in total. The number of nitrogens with zero attached hydrogens (tertiary/aromatic N) is 3. The zero-order valence-electron chi connectivity index (χ0n) is 12.9. The van der Waals surface area contributed by atoms with Crippen LogP contribution in [0.3, 0.4) is 0 Å². The molecule has 0 radical (unpaired) electrons. The van der Waals surface area contributed by atoms with Crippen LogP contribution in [0.4, 0.5) is 0 Å². The third kappa shape index (κ3) is 5.68. The van der Waals surface area contributed by atoms with Gasteiger partial charge in [-0.1, -0.05) is 36.9 Å². The molecule has 0 N–H and O–H groups in total. The fourth-order valence-corrected chi connectivity index (χ4v) is 1.89. The van der Waals surface area contributed by atoms with Crippen LogP contribution in [0.25, 0.3) is 0 Å². The summed E-state index contributed by atoms with van der Waals surface area (Å²) < 4.78 is 5.74. The Kier molecular flexibility index (Phi) is 6.43. The summed E-state index contributed by atoms with van der Waals surface area (Å²) in [6.45, 7) is 4.76. The van der Waals surface area contributed by atoms with Crippen LogP contribution in [0.2, 0.25) is 0 Å². The summed E-state index contributed by atoms with van der Waals surface area (Å²) >= 11 is 0. The van der Waals surface area contributed by atoms with Crippen molar-refractivity contribution in [3.8, 4) is 11.8 Å². The molecule has 2 aromatic carbocycles. The van der Waals surface area contributed by atoms with Gasteiger partial charge in [0.25, 0.3) is 0 Å². The first-order valence-corrected chi connectivity index (χ1v) is 7.39. The van der Waals surface area contributed by atoms with E-state index in [1.807, 2.05) is 54.6 Å². The van der Waals surface area contributed by atoms with E-state index in [-0.39, 0.29) is 0 Å². The molecule has 0 unspecified atom stereocenters. The molecular formula is C19H19N3O. The fraction of sp³-hybridized carbons (Fsp3) is 0.158. The largest absolute Gasteiger partial charge is 0.489 e. The summed E-state index contributed by atoms with van der Waals surface area (Å²) in [4.78, 5) is 0. The number of rotatable bonds is 8. The molecule has 0 aliphatic rings. The van der Waals surface area contributed by atoms with E-state index in [2.05, 4.69) is 17.7 Å². The minimum absolute atomic E-state index is 0.412. The molecule has 0 fully saturated rings. The van der Waals surface area contributed by atoms with Crippen LogP contribution in [0, 0.1) is 11.3 Å². The second kappa shape index (κ2) is 9.06. The highest BCUT2D eigenvalue weighted by Gasteiger charge is 1.97. The summed E-state index contributed by atoms with van der Waals surface area (Å²) in [5, 5.41) is 14.5. The second-order valence-corrected chi connectivity index (χ2v) is 4.84. The topological polar surface area (TPSA) is 48.6 Å². The van der Waals surface area contributed by atoms with Gasteiger partial charge in [0.1, 0.15) is 12.4 Å². The van der Waals surface area contributed by atoms with Crippen molar-refractivity contribution < 1.29 is 4.74 Å². The number of hydrogen-bond donors (Lipinski definition) is 0. The number of hydrogen-bond acceptors (Lipinski definition) is 4. The Morgan fingerprint density at radius 1 is 1.13 bits per heavy atom. The van der Waals surface area contributed by atoms with E-state index in [0.717, 1.165) is 16.9 Å². The van der Waals surface area contributed by atoms with Crippen molar-refractivity contribution in [2.45, 2.75) is 13.0 Å². The average molecular weight is 305 g/mol. The molecule has 0 atom stereocenters.